The van der Waals surface area contributed by atoms with E-state index >= 15 is 0 Å². The quantitative estimate of drug-likeness (QED) is 0.916. The molecule has 4 rings (SSSR count). The predicted octanol–water partition coefficient (Wildman–Crippen LogP) is 1.85. The van der Waals surface area contributed by atoms with Crippen molar-refractivity contribution < 1.29 is 4.79 Å². The number of rotatable bonds is 4. The van der Waals surface area contributed by atoms with Gasteiger partial charge < -0.3 is 10.2 Å². The summed E-state index contributed by atoms with van der Waals surface area (Å²) < 4.78 is 0. The van der Waals surface area contributed by atoms with Crippen molar-refractivity contribution in [2.24, 2.45) is 0 Å². The maximum Gasteiger partial charge on any atom is 0.271 e. The zero-order chi connectivity index (χ0) is 17.2. The second kappa shape index (κ2) is 6.74. The van der Waals surface area contributed by atoms with Crippen LogP contribution in [0.3, 0.4) is 0 Å². The van der Waals surface area contributed by atoms with E-state index in [1.165, 1.54) is 25.2 Å². The van der Waals surface area contributed by atoms with Crippen molar-refractivity contribution in [1.29, 1.82) is 0 Å². The van der Waals surface area contributed by atoms with Gasteiger partial charge in [0.05, 0.1) is 6.20 Å². The lowest BCUT2D eigenvalue weighted by molar-refractivity contribution is 0.0927. The Kier molecular flexibility index (Phi) is 4.29. The second-order valence-electron chi connectivity index (χ2n) is 6.85. The minimum Gasteiger partial charge on any atom is -0.354 e. The molecule has 130 valence electrons. The summed E-state index contributed by atoms with van der Waals surface area (Å²) in [5, 5.41) is 3.07. The molecule has 1 unspecified atom stereocenters. The maximum atomic E-state index is 12.3. The van der Waals surface area contributed by atoms with Crippen LogP contribution in [0.4, 0.5) is 5.82 Å². The molecule has 2 fully saturated rings. The van der Waals surface area contributed by atoms with E-state index in [2.05, 4.69) is 25.2 Å². The molecule has 0 bridgehead atoms. The van der Waals surface area contributed by atoms with Crippen LogP contribution in [-0.2, 0) is 0 Å². The molecule has 2 aliphatic rings. The molecule has 1 atom stereocenters. The number of nitrogens with one attached hydrogen (secondary N) is 1. The highest BCUT2D eigenvalue weighted by Crippen LogP contribution is 2.38. The summed E-state index contributed by atoms with van der Waals surface area (Å²) in [5.41, 5.74) is 1.37. The normalized spacial score (nSPS) is 20.4. The van der Waals surface area contributed by atoms with E-state index in [1.54, 1.807) is 6.20 Å². The third kappa shape index (κ3) is 3.75. The SMILES string of the molecule is Cc1cc(N2CCCC(NC(=O)c3cnccn3)C2)nc(C2CC2)n1. The highest BCUT2D eigenvalue weighted by atomic mass is 16.2. The Morgan fingerprint density at radius 3 is 2.88 bits per heavy atom. The fraction of sp³-hybridized carbons (Fsp3) is 0.500. The first kappa shape index (κ1) is 15.9. The number of aromatic nitrogens is 4. The Morgan fingerprint density at radius 2 is 2.12 bits per heavy atom. The molecule has 1 saturated carbocycles. The molecule has 3 heterocycles. The Labute approximate surface area is 146 Å². The standard InChI is InChI=1S/C18H22N6O/c1-12-9-16(23-17(21-12)13-4-5-13)24-8-2-3-14(11-24)22-18(25)15-10-19-6-7-20-15/h6-7,9-10,13-14H,2-5,8,11H2,1H3,(H,22,25). The fourth-order valence-corrected chi connectivity index (χ4v) is 3.24. The molecule has 1 N–H and O–H groups in total. The summed E-state index contributed by atoms with van der Waals surface area (Å²) in [5.74, 6) is 2.32. The lowest BCUT2D eigenvalue weighted by Crippen LogP contribution is -2.48. The number of hydrogen-bond donors (Lipinski definition) is 1. The molecule has 1 aliphatic heterocycles. The average Bonchev–Trinajstić information content (AvgIpc) is 3.47. The van der Waals surface area contributed by atoms with Crippen molar-refractivity contribution in [3.05, 3.63) is 41.9 Å². The van der Waals surface area contributed by atoms with Gasteiger partial charge in [-0.05, 0) is 32.6 Å². The van der Waals surface area contributed by atoms with Crippen molar-refractivity contribution in [2.75, 3.05) is 18.0 Å². The Bertz CT molecular complexity index is 761. The highest BCUT2D eigenvalue weighted by Gasteiger charge is 2.29. The third-order valence-corrected chi connectivity index (χ3v) is 4.68. The summed E-state index contributed by atoms with van der Waals surface area (Å²) in [6, 6.07) is 2.13. The van der Waals surface area contributed by atoms with Crippen LogP contribution in [0.1, 0.15) is 53.6 Å². The first-order valence-electron chi connectivity index (χ1n) is 8.86. The second-order valence-corrected chi connectivity index (χ2v) is 6.85. The molecule has 1 amide bonds. The number of nitrogens with zero attached hydrogens (tertiary/aromatic N) is 5. The van der Waals surface area contributed by atoms with Gasteiger partial charge in [0.1, 0.15) is 17.3 Å². The number of anilines is 1. The predicted molar refractivity (Wildman–Crippen MR) is 93.5 cm³/mol. The van der Waals surface area contributed by atoms with Crippen molar-refractivity contribution in [3.63, 3.8) is 0 Å². The summed E-state index contributed by atoms with van der Waals surface area (Å²) >= 11 is 0. The van der Waals surface area contributed by atoms with E-state index < -0.39 is 0 Å². The Hall–Kier alpha value is -2.57. The van der Waals surface area contributed by atoms with E-state index in [0.717, 1.165) is 43.3 Å². The fourth-order valence-electron chi connectivity index (χ4n) is 3.24. The zero-order valence-electron chi connectivity index (χ0n) is 14.4. The van der Waals surface area contributed by atoms with E-state index in [-0.39, 0.29) is 11.9 Å². The molecule has 0 spiro atoms. The maximum absolute atomic E-state index is 12.3. The van der Waals surface area contributed by atoms with Gasteiger partial charge in [0.25, 0.3) is 5.91 Å². The van der Waals surface area contributed by atoms with Crippen LogP contribution in [0.15, 0.2) is 24.7 Å². The molecule has 7 nitrogen and oxygen atoms in total. The largest absolute Gasteiger partial charge is 0.354 e. The van der Waals surface area contributed by atoms with Crippen LogP contribution in [0.25, 0.3) is 0 Å². The Morgan fingerprint density at radius 1 is 1.24 bits per heavy atom. The lowest BCUT2D eigenvalue weighted by atomic mass is 10.1. The number of carbonyl (C=O) groups is 1. The molecular formula is C18H22N6O. The minimum atomic E-state index is -0.169. The smallest absolute Gasteiger partial charge is 0.271 e. The van der Waals surface area contributed by atoms with Crippen LogP contribution in [0.5, 0.6) is 0 Å². The molecule has 25 heavy (non-hydrogen) atoms. The summed E-state index contributed by atoms with van der Waals surface area (Å²) in [6.45, 7) is 3.74. The number of piperidine rings is 1. The van der Waals surface area contributed by atoms with Crippen LogP contribution < -0.4 is 10.2 Å². The molecule has 1 saturated heterocycles. The Balaban J connectivity index is 1.45. The molecule has 0 aromatic carbocycles. The first-order chi connectivity index (χ1) is 12.2. The van der Waals surface area contributed by atoms with Gasteiger partial charge in [-0.2, -0.15) is 0 Å². The van der Waals surface area contributed by atoms with Crippen molar-refractivity contribution in [3.8, 4) is 0 Å². The summed E-state index contributed by atoms with van der Waals surface area (Å²) in [6.07, 6.45) is 8.96. The molecule has 2 aromatic rings. The molecule has 7 heteroatoms. The lowest BCUT2D eigenvalue weighted by Gasteiger charge is -2.34. The third-order valence-electron chi connectivity index (χ3n) is 4.68. The van der Waals surface area contributed by atoms with Gasteiger partial charge in [0.15, 0.2) is 0 Å². The van der Waals surface area contributed by atoms with Crippen LogP contribution in [0, 0.1) is 6.92 Å². The van der Waals surface area contributed by atoms with Gasteiger partial charge in [0, 0.05) is 49.2 Å². The van der Waals surface area contributed by atoms with Crippen molar-refractivity contribution >= 4 is 11.7 Å². The van der Waals surface area contributed by atoms with Gasteiger partial charge >= 0.3 is 0 Å². The van der Waals surface area contributed by atoms with Crippen molar-refractivity contribution in [2.45, 2.75) is 44.6 Å². The monoisotopic (exact) mass is 338 g/mol. The van der Waals surface area contributed by atoms with E-state index in [0.29, 0.717) is 11.6 Å². The van der Waals surface area contributed by atoms with Gasteiger partial charge in [-0.1, -0.05) is 0 Å². The molecule has 2 aromatic heterocycles. The average molecular weight is 338 g/mol. The van der Waals surface area contributed by atoms with Crippen molar-refractivity contribution in [1.82, 2.24) is 25.3 Å². The number of hydrogen-bond acceptors (Lipinski definition) is 6. The van der Waals surface area contributed by atoms with Gasteiger partial charge in [-0.3, -0.25) is 9.78 Å². The molecular weight excluding hydrogens is 316 g/mol. The van der Waals surface area contributed by atoms with Crippen LogP contribution >= 0.6 is 0 Å². The highest BCUT2D eigenvalue weighted by molar-refractivity contribution is 5.92. The number of carbonyl (C=O) groups excluding carboxylic acids is 1. The molecule has 1 aliphatic carbocycles. The minimum absolute atomic E-state index is 0.0860. The summed E-state index contributed by atoms with van der Waals surface area (Å²) in [4.78, 5) is 31.9. The summed E-state index contributed by atoms with van der Waals surface area (Å²) in [7, 11) is 0. The number of amides is 1. The van der Waals surface area contributed by atoms with E-state index in [9.17, 15) is 4.79 Å². The van der Waals surface area contributed by atoms with Gasteiger partial charge in [0.2, 0.25) is 0 Å². The van der Waals surface area contributed by atoms with Gasteiger partial charge in [-0.25, -0.2) is 15.0 Å². The van der Waals surface area contributed by atoms with E-state index in [4.69, 9.17) is 4.98 Å². The first-order valence-corrected chi connectivity index (χ1v) is 8.86. The van der Waals surface area contributed by atoms with Crippen LogP contribution in [-0.4, -0.2) is 45.0 Å². The zero-order valence-corrected chi connectivity index (χ0v) is 14.4. The van der Waals surface area contributed by atoms with Gasteiger partial charge in [-0.15, -0.1) is 0 Å². The number of aryl methyl sites for hydroxylation is 1. The topological polar surface area (TPSA) is 83.9 Å². The molecule has 0 radical (unpaired) electrons. The van der Waals surface area contributed by atoms with E-state index in [1.807, 2.05) is 13.0 Å². The van der Waals surface area contributed by atoms with Crippen LogP contribution in [0.2, 0.25) is 0 Å².